The zero-order valence-electron chi connectivity index (χ0n) is 16.1. The SMILES string of the molecule is Cc1c(C(=O)N(Cc2cccc(F)c2)CC2CCCO2)[nH]c2c1C(=O)CCC2. The van der Waals surface area contributed by atoms with Crippen LogP contribution in [0.5, 0.6) is 0 Å². The smallest absolute Gasteiger partial charge is 0.270 e. The van der Waals surface area contributed by atoms with E-state index in [1.54, 1.807) is 11.0 Å². The minimum Gasteiger partial charge on any atom is -0.376 e. The number of benzene rings is 1. The number of aryl methyl sites for hydroxylation is 1. The summed E-state index contributed by atoms with van der Waals surface area (Å²) in [7, 11) is 0. The summed E-state index contributed by atoms with van der Waals surface area (Å²) in [4.78, 5) is 30.6. The molecule has 1 aliphatic heterocycles. The van der Waals surface area contributed by atoms with Gasteiger partial charge in [0.25, 0.3) is 5.91 Å². The Morgan fingerprint density at radius 3 is 2.89 bits per heavy atom. The van der Waals surface area contributed by atoms with E-state index < -0.39 is 0 Å². The van der Waals surface area contributed by atoms with E-state index >= 15 is 0 Å². The third kappa shape index (κ3) is 3.74. The van der Waals surface area contributed by atoms with E-state index in [1.807, 2.05) is 13.0 Å². The number of nitrogens with one attached hydrogen (secondary N) is 1. The number of ether oxygens (including phenoxy) is 1. The summed E-state index contributed by atoms with van der Waals surface area (Å²) in [6, 6.07) is 6.31. The van der Waals surface area contributed by atoms with E-state index in [2.05, 4.69) is 4.98 Å². The number of hydrogen-bond donors (Lipinski definition) is 1. The summed E-state index contributed by atoms with van der Waals surface area (Å²) >= 11 is 0. The first-order chi connectivity index (χ1) is 13.5. The van der Waals surface area contributed by atoms with Crippen molar-refractivity contribution in [1.29, 1.82) is 0 Å². The largest absolute Gasteiger partial charge is 0.376 e. The highest BCUT2D eigenvalue weighted by molar-refractivity contribution is 6.04. The fourth-order valence-electron chi connectivity index (χ4n) is 4.26. The van der Waals surface area contributed by atoms with E-state index in [0.29, 0.717) is 37.4 Å². The molecule has 0 saturated carbocycles. The molecule has 1 amide bonds. The number of carbonyl (C=O) groups excluding carboxylic acids is 2. The van der Waals surface area contributed by atoms with Crippen LogP contribution in [0.3, 0.4) is 0 Å². The van der Waals surface area contributed by atoms with Crippen molar-refractivity contribution in [2.75, 3.05) is 13.2 Å². The maximum absolute atomic E-state index is 13.6. The van der Waals surface area contributed by atoms with Crippen LogP contribution < -0.4 is 0 Å². The monoisotopic (exact) mass is 384 g/mol. The van der Waals surface area contributed by atoms with Crippen LogP contribution in [0.25, 0.3) is 0 Å². The second kappa shape index (κ2) is 7.87. The Morgan fingerprint density at radius 2 is 2.18 bits per heavy atom. The number of aromatic nitrogens is 1. The van der Waals surface area contributed by atoms with Crippen molar-refractivity contribution in [3.63, 3.8) is 0 Å². The molecule has 1 aromatic carbocycles. The highest BCUT2D eigenvalue weighted by Gasteiger charge is 2.30. The van der Waals surface area contributed by atoms with Gasteiger partial charge in [-0.1, -0.05) is 12.1 Å². The molecule has 2 heterocycles. The van der Waals surface area contributed by atoms with E-state index in [9.17, 15) is 14.0 Å². The number of aromatic amines is 1. The molecule has 1 atom stereocenters. The summed E-state index contributed by atoms with van der Waals surface area (Å²) < 4.78 is 19.4. The van der Waals surface area contributed by atoms with Gasteiger partial charge in [0.15, 0.2) is 5.78 Å². The quantitative estimate of drug-likeness (QED) is 0.853. The predicted octanol–water partition coefficient (Wildman–Crippen LogP) is 3.80. The van der Waals surface area contributed by atoms with Crippen LogP contribution in [-0.4, -0.2) is 40.8 Å². The number of hydrogen-bond acceptors (Lipinski definition) is 3. The lowest BCUT2D eigenvalue weighted by Crippen LogP contribution is -2.37. The van der Waals surface area contributed by atoms with Gasteiger partial charge in [-0.15, -0.1) is 0 Å². The molecule has 1 N–H and O–H groups in total. The molecular formula is C22H25FN2O3. The first-order valence-electron chi connectivity index (χ1n) is 9.93. The highest BCUT2D eigenvalue weighted by Crippen LogP contribution is 2.28. The second-order valence-electron chi connectivity index (χ2n) is 7.71. The van der Waals surface area contributed by atoms with Gasteiger partial charge >= 0.3 is 0 Å². The summed E-state index contributed by atoms with van der Waals surface area (Å²) in [5.74, 6) is -0.386. The lowest BCUT2D eigenvalue weighted by Gasteiger charge is -2.25. The number of fused-ring (bicyclic) bond motifs is 1. The Balaban J connectivity index is 1.63. The summed E-state index contributed by atoms with van der Waals surface area (Å²) in [5.41, 5.74) is 3.46. The third-order valence-electron chi connectivity index (χ3n) is 5.65. The van der Waals surface area contributed by atoms with Gasteiger partial charge in [-0.25, -0.2) is 4.39 Å². The first kappa shape index (κ1) is 18.9. The second-order valence-corrected chi connectivity index (χ2v) is 7.71. The number of H-pyrrole nitrogens is 1. The molecular weight excluding hydrogens is 359 g/mol. The lowest BCUT2D eigenvalue weighted by atomic mass is 9.93. The summed E-state index contributed by atoms with van der Waals surface area (Å²) in [5, 5.41) is 0. The van der Waals surface area contributed by atoms with Crippen molar-refractivity contribution < 1.29 is 18.7 Å². The molecule has 0 radical (unpaired) electrons. The number of Topliss-reactive ketones (excluding diaryl/α,β-unsaturated/α-hetero) is 1. The van der Waals surface area contributed by atoms with Gasteiger partial charge in [0, 0.05) is 37.4 Å². The van der Waals surface area contributed by atoms with Gasteiger partial charge in [-0.2, -0.15) is 0 Å². The van der Waals surface area contributed by atoms with Crippen molar-refractivity contribution in [3.05, 3.63) is 58.2 Å². The van der Waals surface area contributed by atoms with Gasteiger partial charge in [-0.05, 0) is 55.9 Å². The van der Waals surface area contributed by atoms with Crippen molar-refractivity contribution in [3.8, 4) is 0 Å². The topological polar surface area (TPSA) is 62.4 Å². The molecule has 1 unspecified atom stereocenters. The standard InChI is InChI=1S/C22H25FN2O3/c1-14-20-18(8-3-9-19(20)26)24-21(14)22(27)25(13-17-7-4-10-28-17)12-15-5-2-6-16(23)11-15/h2,5-6,11,17,24H,3-4,7-10,12-13H2,1H3. The van der Waals surface area contributed by atoms with Gasteiger partial charge < -0.3 is 14.6 Å². The summed E-state index contributed by atoms with van der Waals surface area (Å²) in [6.07, 6.45) is 4.00. The van der Waals surface area contributed by atoms with E-state index in [4.69, 9.17) is 4.74 Å². The Labute approximate surface area is 163 Å². The first-order valence-corrected chi connectivity index (χ1v) is 9.93. The van der Waals surface area contributed by atoms with Crippen molar-refractivity contribution in [1.82, 2.24) is 9.88 Å². The van der Waals surface area contributed by atoms with E-state index in [0.717, 1.165) is 42.5 Å². The van der Waals surface area contributed by atoms with Crippen molar-refractivity contribution >= 4 is 11.7 Å². The Morgan fingerprint density at radius 1 is 1.32 bits per heavy atom. The van der Waals surface area contributed by atoms with Gasteiger partial charge in [0.05, 0.1) is 6.10 Å². The van der Waals surface area contributed by atoms with Crippen LogP contribution in [0, 0.1) is 12.7 Å². The van der Waals surface area contributed by atoms with Gasteiger partial charge in [0.1, 0.15) is 11.5 Å². The minimum atomic E-state index is -0.320. The molecule has 2 aromatic rings. The molecule has 0 spiro atoms. The fraction of sp³-hybridized carbons (Fsp3) is 0.455. The van der Waals surface area contributed by atoms with Crippen LogP contribution in [0.15, 0.2) is 24.3 Å². The summed E-state index contributed by atoms with van der Waals surface area (Å²) in [6.45, 7) is 3.29. The molecule has 1 fully saturated rings. The average Bonchev–Trinajstić information content (AvgIpc) is 3.29. The van der Waals surface area contributed by atoms with E-state index in [1.165, 1.54) is 12.1 Å². The molecule has 6 heteroatoms. The van der Waals surface area contributed by atoms with E-state index in [-0.39, 0.29) is 23.6 Å². The minimum absolute atomic E-state index is 0.0102. The van der Waals surface area contributed by atoms with Crippen LogP contribution in [-0.2, 0) is 17.7 Å². The third-order valence-corrected chi connectivity index (χ3v) is 5.65. The zero-order valence-corrected chi connectivity index (χ0v) is 16.1. The molecule has 148 valence electrons. The Kier molecular flexibility index (Phi) is 5.31. The molecule has 1 saturated heterocycles. The number of carbonyl (C=O) groups is 2. The normalized spacial score (nSPS) is 18.9. The zero-order chi connectivity index (χ0) is 19.7. The number of amides is 1. The predicted molar refractivity (Wildman–Crippen MR) is 103 cm³/mol. The molecule has 28 heavy (non-hydrogen) atoms. The van der Waals surface area contributed by atoms with Gasteiger partial charge in [-0.3, -0.25) is 9.59 Å². The van der Waals surface area contributed by atoms with Crippen molar-refractivity contribution in [2.45, 2.75) is 51.7 Å². The van der Waals surface area contributed by atoms with Crippen LogP contribution in [0.1, 0.15) is 63.4 Å². The number of ketones is 1. The maximum Gasteiger partial charge on any atom is 0.270 e. The molecule has 2 aliphatic rings. The lowest BCUT2D eigenvalue weighted by molar-refractivity contribution is 0.0502. The average molecular weight is 384 g/mol. The Hall–Kier alpha value is -2.47. The molecule has 5 nitrogen and oxygen atoms in total. The molecule has 0 bridgehead atoms. The Bertz CT molecular complexity index is 899. The van der Waals surface area contributed by atoms with Crippen LogP contribution in [0.2, 0.25) is 0 Å². The molecule has 1 aromatic heterocycles. The number of rotatable bonds is 5. The molecule has 1 aliphatic carbocycles. The molecule has 4 rings (SSSR count). The number of halogens is 1. The maximum atomic E-state index is 13.6. The van der Waals surface area contributed by atoms with Crippen LogP contribution in [0.4, 0.5) is 4.39 Å². The fourth-order valence-corrected chi connectivity index (χ4v) is 4.26. The van der Waals surface area contributed by atoms with Crippen molar-refractivity contribution in [2.24, 2.45) is 0 Å². The van der Waals surface area contributed by atoms with Gasteiger partial charge in [0.2, 0.25) is 0 Å². The van der Waals surface area contributed by atoms with Crippen LogP contribution >= 0.6 is 0 Å². The number of nitrogens with zero attached hydrogens (tertiary/aromatic N) is 1. The highest BCUT2D eigenvalue weighted by atomic mass is 19.1.